The first-order chi connectivity index (χ1) is 14.1. The number of anilines is 1. The lowest BCUT2D eigenvalue weighted by molar-refractivity contribution is 0.251. The first kappa shape index (κ1) is 18.6. The van der Waals surface area contributed by atoms with Crippen LogP contribution in [0.25, 0.3) is 22.6 Å². The highest BCUT2D eigenvalue weighted by atomic mass is 19.1. The molecule has 2 aromatic heterocycles. The predicted molar refractivity (Wildman–Crippen MR) is 111 cm³/mol. The van der Waals surface area contributed by atoms with Gasteiger partial charge in [-0.3, -0.25) is 0 Å². The standard InChI is InChI=1S/C22H20FN5O/c1-15-9-10-17(14-18(15)23)26-22(29)25-12-13-28-20(16-6-3-2-4-7-16)27-19-8-5-11-24-21(19)28/h2-11,14H,12-13H2,1H3,(H2,25,26,29). The minimum Gasteiger partial charge on any atom is -0.336 e. The second kappa shape index (κ2) is 8.10. The van der Waals surface area contributed by atoms with Gasteiger partial charge < -0.3 is 15.2 Å². The largest absolute Gasteiger partial charge is 0.336 e. The fourth-order valence-electron chi connectivity index (χ4n) is 3.11. The van der Waals surface area contributed by atoms with Crippen molar-refractivity contribution in [3.63, 3.8) is 0 Å². The van der Waals surface area contributed by atoms with Crippen molar-refractivity contribution >= 4 is 22.9 Å². The van der Waals surface area contributed by atoms with E-state index in [4.69, 9.17) is 4.98 Å². The van der Waals surface area contributed by atoms with Gasteiger partial charge in [0.25, 0.3) is 0 Å². The molecule has 0 atom stereocenters. The highest BCUT2D eigenvalue weighted by Gasteiger charge is 2.13. The molecule has 29 heavy (non-hydrogen) atoms. The number of nitrogens with one attached hydrogen (secondary N) is 2. The van der Waals surface area contributed by atoms with Crippen LogP contribution in [0.2, 0.25) is 0 Å². The average molecular weight is 389 g/mol. The Bertz CT molecular complexity index is 1160. The van der Waals surface area contributed by atoms with Gasteiger partial charge in [-0.05, 0) is 36.8 Å². The van der Waals surface area contributed by atoms with Crippen LogP contribution in [-0.2, 0) is 6.54 Å². The molecule has 0 spiro atoms. The molecule has 2 aromatic carbocycles. The molecule has 0 fully saturated rings. The molecule has 4 aromatic rings. The molecule has 0 saturated carbocycles. The lowest BCUT2D eigenvalue weighted by Gasteiger charge is -2.11. The number of rotatable bonds is 5. The van der Waals surface area contributed by atoms with Gasteiger partial charge in [0.1, 0.15) is 17.2 Å². The van der Waals surface area contributed by atoms with Crippen molar-refractivity contribution < 1.29 is 9.18 Å². The summed E-state index contributed by atoms with van der Waals surface area (Å²) in [7, 11) is 0. The molecule has 4 rings (SSSR count). The Hall–Kier alpha value is -3.74. The van der Waals surface area contributed by atoms with Crippen LogP contribution in [0.1, 0.15) is 5.56 Å². The van der Waals surface area contributed by atoms with Crippen LogP contribution in [0, 0.1) is 12.7 Å². The zero-order valence-electron chi connectivity index (χ0n) is 15.9. The van der Waals surface area contributed by atoms with Gasteiger partial charge in [-0.15, -0.1) is 0 Å². The first-order valence-electron chi connectivity index (χ1n) is 9.29. The minimum absolute atomic E-state index is 0.355. The number of nitrogens with zero attached hydrogens (tertiary/aromatic N) is 3. The predicted octanol–water partition coefficient (Wildman–Crippen LogP) is 4.37. The van der Waals surface area contributed by atoms with E-state index >= 15 is 0 Å². The number of pyridine rings is 1. The number of amides is 2. The van der Waals surface area contributed by atoms with Crippen LogP contribution in [0.3, 0.4) is 0 Å². The third-order valence-corrected chi connectivity index (χ3v) is 4.59. The van der Waals surface area contributed by atoms with E-state index in [9.17, 15) is 9.18 Å². The van der Waals surface area contributed by atoms with Crippen LogP contribution >= 0.6 is 0 Å². The fraction of sp³-hybridized carbons (Fsp3) is 0.136. The molecule has 0 aliphatic heterocycles. The number of imidazole rings is 1. The van der Waals surface area contributed by atoms with E-state index in [1.165, 1.54) is 6.07 Å². The summed E-state index contributed by atoms with van der Waals surface area (Å²) in [6.45, 7) is 2.53. The Kier molecular flexibility index (Phi) is 5.20. The average Bonchev–Trinajstić information content (AvgIpc) is 3.10. The molecular weight excluding hydrogens is 369 g/mol. The molecule has 2 amide bonds. The van der Waals surface area contributed by atoms with Gasteiger partial charge in [-0.1, -0.05) is 36.4 Å². The number of urea groups is 1. The number of hydrogen-bond acceptors (Lipinski definition) is 3. The van der Waals surface area contributed by atoms with E-state index < -0.39 is 6.03 Å². The normalized spacial score (nSPS) is 10.8. The monoisotopic (exact) mass is 389 g/mol. The van der Waals surface area contributed by atoms with Gasteiger partial charge in [0.2, 0.25) is 0 Å². The maximum atomic E-state index is 13.6. The Labute approximate surface area is 167 Å². The summed E-state index contributed by atoms with van der Waals surface area (Å²) in [6.07, 6.45) is 1.72. The summed E-state index contributed by atoms with van der Waals surface area (Å²) < 4.78 is 15.6. The molecular formula is C22H20FN5O. The molecule has 2 N–H and O–H groups in total. The van der Waals surface area contributed by atoms with Crippen molar-refractivity contribution in [3.05, 3.63) is 78.2 Å². The Morgan fingerprint density at radius 1 is 1.10 bits per heavy atom. The van der Waals surface area contributed by atoms with E-state index in [0.29, 0.717) is 24.3 Å². The van der Waals surface area contributed by atoms with Crippen LogP contribution in [0.5, 0.6) is 0 Å². The quantitative estimate of drug-likeness (QED) is 0.532. The number of aryl methyl sites for hydroxylation is 1. The number of carbonyl (C=O) groups is 1. The summed E-state index contributed by atoms with van der Waals surface area (Å²) in [5, 5.41) is 5.44. The zero-order chi connectivity index (χ0) is 20.2. The van der Waals surface area contributed by atoms with Crippen molar-refractivity contribution in [1.82, 2.24) is 19.9 Å². The summed E-state index contributed by atoms with van der Waals surface area (Å²) in [5.41, 5.74) is 3.47. The number of benzene rings is 2. The highest BCUT2D eigenvalue weighted by molar-refractivity contribution is 5.89. The van der Waals surface area contributed by atoms with Crippen molar-refractivity contribution in [3.8, 4) is 11.4 Å². The van der Waals surface area contributed by atoms with Crippen LogP contribution in [-0.4, -0.2) is 27.1 Å². The van der Waals surface area contributed by atoms with Gasteiger partial charge in [0.15, 0.2) is 5.65 Å². The fourth-order valence-corrected chi connectivity index (χ4v) is 3.11. The van der Waals surface area contributed by atoms with E-state index in [-0.39, 0.29) is 5.82 Å². The third kappa shape index (κ3) is 4.08. The molecule has 0 bridgehead atoms. The molecule has 0 aliphatic carbocycles. The maximum Gasteiger partial charge on any atom is 0.319 e. The molecule has 0 radical (unpaired) electrons. The SMILES string of the molecule is Cc1ccc(NC(=O)NCCn2c(-c3ccccc3)nc3cccnc32)cc1F. The Morgan fingerprint density at radius 3 is 2.72 bits per heavy atom. The number of carbonyl (C=O) groups excluding carboxylic acids is 1. The molecule has 2 heterocycles. The number of aromatic nitrogens is 3. The van der Waals surface area contributed by atoms with E-state index in [0.717, 1.165) is 22.6 Å². The first-order valence-corrected chi connectivity index (χ1v) is 9.29. The van der Waals surface area contributed by atoms with Gasteiger partial charge in [0.05, 0.1) is 0 Å². The van der Waals surface area contributed by atoms with E-state index in [2.05, 4.69) is 15.6 Å². The number of halogens is 1. The number of fused-ring (bicyclic) bond motifs is 1. The van der Waals surface area contributed by atoms with Gasteiger partial charge >= 0.3 is 6.03 Å². The Balaban J connectivity index is 1.48. The van der Waals surface area contributed by atoms with Gasteiger partial charge in [-0.25, -0.2) is 19.2 Å². The van der Waals surface area contributed by atoms with Crippen LogP contribution < -0.4 is 10.6 Å². The summed E-state index contributed by atoms with van der Waals surface area (Å²) in [5.74, 6) is 0.438. The summed E-state index contributed by atoms with van der Waals surface area (Å²) in [6, 6.07) is 17.8. The lowest BCUT2D eigenvalue weighted by atomic mass is 10.2. The Morgan fingerprint density at radius 2 is 1.93 bits per heavy atom. The second-order valence-corrected chi connectivity index (χ2v) is 6.64. The second-order valence-electron chi connectivity index (χ2n) is 6.64. The molecule has 6 nitrogen and oxygen atoms in total. The summed E-state index contributed by atoms with van der Waals surface area (Å²) in [4.78, 5) is 21.3. The van der Waals surface area contributed by atoms with Crippen molar-refractivity contribution in [1.29, 1.82) is 0 Å². The topological polar surface area (TPSA) is 71.8 Å². The maximum absolute atomic E-state index is 13.6. The van der Waals surface area contributed by atoms with Crippen molar-refractivity contribution in [2.24, 2.45) is 0 Å². The smallest absolute Gasteiger partial charge is 0.319 e. The van der Waals surface area contributed by atoms with Gasteiger partial charge in [-0.2, -0.15) is 0 Å². The van der Waals surface area contributed by atoms with Crippen molar-refractivity contribution in [2.45, 2.75) is 13.5 Å². The van der Waals surface area contributed by atoms with Crippen LogP contribution in [0.15, 0.2) is 66.9 Å². The molecule has 7 heteroatoms. The minimum atomic E-state index is -0.396. The molecule has 146 valence electrons. The van der Waals surface area contributed by atoms with Crippen molar-refractivity contribution in [2.75, 3.05) is 11.9 Å². The molecule has 0 unspecified atom stereocenters. The molecule has 0 saturated heterocycles. The van der Waals surface area contributed by atoms with E-state index in [1.54, 1.807) is 25.3 Å². The third-order valence-electron chi connectivity index (χ3n) is 4.59. The molecule has 0 aliphatic rings. The summed E-state index contributed by atoms with van der Waals surface area (Å²) >= 11 is 0. The highest BCUT2D eigenvalue weighted by Crippen LogP contribution is 2.23. The van der Waals surface area contributed by atoms with Crippen LogP contribution in [0.4, 0.5) is 14.9 Å². The zero-order valence-corrected chi connectivity index (χ0v) is 15.9. The number of hydrogen-bond donors (Lipinski definition) is 2. The lowest BCUT2D eigenvalue weighted by Crippen LogP contribution is -2.31. The van der Waals surface area contributed by atoms with E-state index in [1.807, 2.05) is 47.0 Å². The van der Waals surface area contributed by atoms with Gasteiger partial charge in [0, 0.05) is 30.5 Å².